The van der Waals surface area contributed by atoms with E-state index < -0.39 is 6.10 Å². The third kappa shape index (κ3) is 5.41. The van der Waals surface area contributed by atoms with Crippen molar-refractivity contribution in [2.75, 3.05) is 13.2 Å². The van der Waals surface area contributed by atoms with Crippen molar-refractivity contribution in [1.29, 1.82) is 0 Å². The Morgan fingerprint density at radius 2 is 2.00 bits per heavy atom. The van der Waals surface area contributed by atoms with Crippen LogP contribution in [-0.2, 0) is 30.7 Å². The number of hydrogen-bond acceptors (Lipinski definition) is 6. The van der Waals surface area contributed by atoms with Crippen molar-refractivity contribution < 1.29 is 9.84 Å². The molecule has 1 aromatic carbocycles. The summed E-state index contributed by atoms with van der Waals surface area (Å²) in [6.07, 6.45) is 3.75. The average molecular weight is 442 g/mol. The lowest BCUT2D eigenvalue weighted by molar-refractivity contribution is 0.00267. The molecule has 0 bridgehead atoms. The van der Waals surface area contributed by atoms with Crippen LogP contribution in [0.5, 0.6) is 0 Å². The first kappa shape index (κ1) is 22.1. The quantitative estimate of drug-likeness (QED) is 0.530. The molecule has 0 amide bonds. The monoisotopic (exact) mass is 441 g/mol. The molecule has 6 nitrogen and oxygen atoms in total. The van der Waals surface area contributed by atoms with Crippen molar-refractivity contribution in [3.8, 4) is 0 Å². The average Bonchev–Trinajstić information content (AvgIpc) is 3.13. The molecule has 0 spiro atoms. The van der Waals surface area contributed by atoms with Gasteiger partial charge in [0.2, 0.25) is 0 Å². The normalized spacial score (nSPS) is 15.0. The number of aromatic nitrogens is 2. The lowest BCUT2D eigenvalue weighted by Crippen LogP contribution is -2.39. The van der Waals surface area contributed by atoms with Gasteiger partial charge in [-0.1, -0.05) is 30.3 Å². The van der Waals surface area contributed by atoms with E-state index in [1.165, 1.54) is 16.9 Å². The number of nitrogens with one attached hydrogen (secondary N) is 1. The van der Waals surface area contributed by atoms with Gasteiger partial charge in [0, 0.05) is 17.5 Å². The second-order valence-electron chi connectivity index (χ2n) is 8.58. The van der Waals surface area contributed by atoms with Crippen LogP contribution in [0, 0.1) is 0 Å². The fourth-order valence-corrected chi connectivity index (χ4v) is 5.43. The molecule has 2 heterocycles. The van der Waals surface area contributed by atoms with Crippen molar-refractivity contribution in [2.24, 2.45) is 0 Å². The summed E-state index contributed by atoms with van der Waals surface area (Å²) >= 11 is 1.67. The van der Waals surface area contributed by atoms with Gasteiger partial charge in [-0.3, -0.25) is 9.69 Å². The Kier molecular flexibility index (Phi) is 7.17. The number of aryl methyl sites for hydroxylation is 2. The van der Waals surface area contributed by atoms with E-state index in [-0.39, 0.29) is 18.2 Å². The highest BCUT2D eigenvalue weighted by atomic mass is 32.1. The van der Waals surface area contributed by atoms with Gasteiger partial charge >= 0.3 is 0 Å². The standard InChI is InChI=1S/C24H31N3O3S/c1-16(2)27(12-18(28)15-30-14-17-8-4-3-5-9-17)13-21-25-23(29)22-19-10-6-7-11-20(19)31-24(22)26-21/h3-5,8-9,16,18,28H,6-7,10-15H2,1-2H3,(H,25,26,29). The summed E-state index contributed by atoms with van der Waals surface area (Å²) < 4.78 is 5.69. The second-order valence-corrected chi connectivity index (χ2v) is 9.67. The molecule has 166 valence electrons. The zero-order valence-electron chi connectivity index (χ0n) is 18.3. The molecule has 4 rings (SSSR count). The maximum Gasteiger partial charge on any atom is 0.259 e. The Labute approximate surface area is 186 Å². The molecule has 1 aliphatic carbocycles. The summed E-state index contributed by atoms with van der Waals surface area (Å²) in [6.45, 7) is 5.85. The van der Waals surface area contributed by atoms with Gasteiger partial charge in [-0.05, 0) is 50.7 Å². The molecule has 3 aromatic rings. The zero-order valence-corrected chi connectivity index (χ0v) is 19.1. The highest BCUT2D eigenvalue weighted by Gasteiger charge is 2.21. The summed E-state index contributed by atoms with van der Waals surface area (Å²) in [7, 11) is 0. The van der Waals surface area contributed by atoms with E-state index in [0.717, 1.165) is 35.0 Å². The van der Waals surface area contributed by atoms with Gasteiger partial charge < -0.3 is 14.8 Å². The smallest absolute Gasteiger partial charge is 0.259 e. The van der Waals surface area contributed by atoms with Crippen molar-refractivity contribution in [3.05, 3.63) is 62.5 Å². The number of ether oxygens (including phenoxy) is 1. The minimum absolute atomic E-state index is 0.0325. The van der Waals surface area contributed by atoms with Crippen LogP contribution in [0.25, 0.3) is 10.2 Å². The number of benzene rings is 1. The maximum absolute atomic E-state index is 12.8. The van der Waals surface area contributed by atoms with E-state index in [0.29, 0.717) is 25.5 Å². The number of H-pyrrole nitrogens is 1. The van der Waals surface area contributed by atoms with E-state index in [1.807, 2.05) is 30.3 Å². The number of thiophene rings is 1. The molecule has 0 saturated carbocycles. The van der Waals surface area contributed by atoms with Crippen molar-refractivity contribution >= 4 is 21.6 Å². The summed E-state index contributed by atoms with van der Waals surface area (Å²) in [5.74, 6) is 0.655. The van der Waals surface area contributed by atoms with Crippen LogP contribution >= 0.6 is 11.3 Å². The fourth-order valence-electron chi connectivity index (χ4n) is 4.14. The molecule has 0 radical (unpaired) electrons. The van der Waals surface area contributed by atoms with E-state index in [4.69, 9.17) is 9.72 Å². The summed E-state index contributed by atoms with van der Waals surface area (Å²) in [4.78, 5) is 24.9. The van der Waals surface area contributed by atoms with Crippen LogP contribution in [0.4, 0.5) is 0 Å². The van der Waals surface area contributed by atoms with Gasteiger partial charge in [-0.15, -0.1) is 11.3 Å². The molecule has 1 aliphatic rings. The Morgan fingerprint density at radius 3 is 2.77 bits per heavy atom. The lowest BCUT2D eigenvalue weighted by atomic mass is 9.97. The van der Waals surface area contributed by atoms with E-state index in [2.05, 4.69) is 23.7 Å². The Bertz CT molecular complexity index is 1060. The number of fused-ring (bicyclic) bond motifs is 3. The molecule has 2 aromatic heterocycles. The van der Waals surface area contributed by atoms with Crippen LogP contribution in [0.2, 0.25) is 0 Å². The first-order valence-electron chi connectivity index (χ1n) is 11.1. The van der Waals surface area contributed by atoms with Crippen molar-refractivity contribution in [2.45, 2.75) is 64.8 Å². The number of hydrogen-bond donors (Lipinski definition) is 2. The minimum atomic E-state index is -0.615. The van der Waals surface area contributed by atoms with Gasteiger partial charge in [0.25, 0.3) is 5.56 Å². The summed E-state index contributed by atoms with van der Waals surface area (Å²) in [5.41, 5.74) is 2.26. The van der Waals surface area contributed by atoms with Gasteiger partial charge in [0.1, 0.15) is 10.7 Å². The second kappa shape index (κ2) is 10.0. The largest absolute Gasteiger partial charge is 0.389 e. The van der Waals surface area contributed by atoms with E-state index >= 15 is 0 Å². The number of nitrogens with zero attached hydrogens (tertiary/aromatic N) is 2. The fraction of sp³-hybridized carbons (Fsp3) is 0.500. The topological polar surface area (TPSA) is 78.5 Å². The first-order chi connectivity index (χ1) is 15.0. The number of rotatable bonds is 9. The molecule has 0 fully saturated rings. The predicted molar refractivity (Wildman–Crippen MR) is 125 cm³/mol. The van der Waals surface area contributed by atoms with Crippen molar-refractivity contribution in [1.82, 2.24) is 14.9 Å². The number of aliphatic hydroxyl groups excluding tert-OH is 1. The predicted octanol–water partition coefficient (Wildman–Crippen LogP) is 3.65. The maximum atomic E-state index is 12.8. The van der Waals surface area contributed by atoms with Gasteiger partial charge in [0.15, 0.2) is 0 Å². The minimum Gasteiger partial charge on any atom is -0.389 e. The van der Waals surface area contributed by atoms with E-state index in [1.54, 1.807) is 11.3 Å². The highest BCUT2D eigenvalue weighted by molar-refractivity contribution is 7.18. The van der Waals surface area contributed by atoms with Crippen LogP contribution in [0.1, 0.15) is 48.5 Å². The Morgan fingerprint density at radius 1 is 1.23 bits per heavy atom. The molecular weight excluding hydrogens is 410 g/mol. The number of aromatic amines is 1. The third-order valence-electron chi connectivity index (χ3n) is 5.82. The van der Waals surface area contributed by atoms with Gasteiger partial charge in [0.05, 0.1) is 31.2 Å². The SMILES string of the molecule is CC(C)N(Cc1nc2sc3c(c2c(=O)[nH]1)CCCC3)CC(O)COCc1ccccc1. The third-order valence-corrected chi connectivity index (χ3v) is 7.01. The molecule has 1 unspecified atom stereocenters. The number of aliphatic hydroxyl groups is 1. The zero-order chi connectivity index (χ0) is 21.8. The molecular formula is C24H31N3O3S. The molecule has 1 atom stereocenters. The van der Waals surface area contributed by atoms with Crippen LogP contribution in [0.3, 0.4) is 0 Å². The van der Waals surface area contributed by atoms with E-state index in [9.17, 15) is 9.90 Å². The highest BCUT2D eigenvalue weighted by Crippen LogP contribution is 2.33. The molecule has 2 N–H and O–H groups in total. The van der Waals surface area contributed by atoms with Crippen LogP contribution in [0.15, 0.2) is 35.1 Å². The Balaban J connectivity index is 1.40. The Hall–Kier alpha value is -2.06. The van der Waals surface area contributed by atoms with Gasteiger partial charge in [-0.25, -0.2) is 4.98 Å². The van der Waals surface area contributed by atoms with Gasteiger partial charge in [-0.2, -0.15) is 0 Å². The first-order valence-corrected chi connectivity index (χ1v) is 11.9. The van der Waals surface area contributed by atoms with Crippen molar-refractivity contribution in [3.63, 3.8) is 0 Å². The van der Waals surface area contributed by atoms with Crippen LogP contribution < -0.4 is 5.56 Å². The lowest BCUT2D eigenvalue weighted by Gasteiger charge is -2.28. The molecule has 0 saturated heterocycles. The summed E-state index contributed by atoms with van der Waals surface area (Å²) in [5, 5.41) is 11.3. The molecule has 0 aliphatic heterocycles. The summed E-state index contributed by atoms with van der Waals surface area (Å²) in [6, 6.07) is 10.1. The van der Waals surface area contributed by atoms with Crippen LogP contribution in [-0.4, -0.2) is 45.3 Å². The molecule has 7 heteroatoms. The molecule has 31 heavy (non-hydrogen) atoms.